The lowest BCUT2D eigenvalue weighted by molar-refractivity contribution is -0.133. The van der Waals surface area contributed by atoms with Gasteiger partial charge in [0.05, 0.1) is 28.6 Å². The summed E-state index contributed by atoms with van der Waals surface area (Å²) in [5.41, 5.74) is 0.522. The molecule has 0 spiro atoms. The Balaban J connectivity index is 2.37. The molecular weight excluding hydrogens is 268 g/mol. The number of likely N-dealkylation sites (N-methyl/N-ethyl adjacent to an activating group) is 1. The topological polar surface area (TPSA) is 53.4 Å². The van der Waals surface area contributed by atoms with Gasteiger partial charge in [0.15, 0.2) is 0 Å². The van der Waals surface area contributed by atoms with Gasteiger partial charge in [-0.05, 0) is 20.8 Å². The number of nitrogens with zero attached hydrogens (tertiary/aromatic N) is 2. The van der Waals surface area contributed by atoms with E-state index in [0.717, 1.165) is 16.5 Å². The summed E-state index contributed by atoms with van der Waals surface area (Å²) in [6.07, 6.45) is 0. The number of aliphatic hydroxyl groups is 1. The van der Waals surface area contributed by atoms with Gasteiger partial charge in [-0.2, -0.15) is 0 Å². The molecule has 0 radical (unpaired) electrons. The first-order valence-corrected chi connectivity index (χ1v) is 7.76. The highest BCUT2D eigenvalue weighted by atomic mass is 32.2. The molecule has 0 aliphatic rings. The van der Waals surface area contributed by atoms with Gasteiger partial charge in [-0.15, -0.1) is 23.1 Å². The van der Waals surface area contributed by atoms with Crippen molar-refractivity contribution >= 4 is 29.0 Å². The first-order chi connectivity index (χ1) is 8.36. The number of aromatic nitrogens is 1. The second-order valence-electron chi connectivity index (χ2n) is 4.77. The first kappa shape index (κ1) is 15.5. The van der Waals surface area contributed by atoms with E-state index >= 15 is 0 Å². The standard InChI is InChI=1S/C12H20N2O2S2/c1-9-13-10(6-18-9)5-17-7-11(16)14(4)12(2,3)8-15/h6,15H,5,7-8H2,1-4H3. The largest absolute Gasteiger partial charge is 0.394 e. The van der Waals surface area contributed by atoms with Crippen LogP contribution in [-0.4, -0.2) is 45.8 Å². The van der Waals surface area contributed by atoms with Crippen molar-refractivity contribution in [3.63, 3.8) is 0 Å². The van der Waals surface area contributed by atoms with Crippen molar-refractivity contribution in [2.45, 2.75) is 32.1 Å². The maximum Gasteiger partial charge on any atom is 0.232 e. The van der Waals surface area contributed by atoms with E-state index in [4.69, 9.17) is 0 Å². The van der Waals surface area contributed by atoms with Gasteiger partial charge < -0.3 is 10.0 Å². The molecule has 0 saturated heterocycles. The fraction of sp³-hybridized carbons (Fsp3) is 0.667. The second kappa shape index (κ2) is 6.54. The molecule has 1 aromatic heterocycles. The third-order valence-electron chi connectivity index (χ3n) is 2.81. The quantitative estimate of drug-likeness (QED) is 0.869. The van der Waals surface area contributed by atoms with E-state index in [-0.39, 0.29) is 12.5 Å². The van der Waals surface area contributed by atoms with Crippen molar-refractivity contribution in [2.75, 3.05) is 19.4 Å². The molecule has 0 saturated carbocycles. The van der Waals surface area contributed by atoms with Crippen LogP contribution in [0.15, 0.2) is 5.38 Å². The zero-order valence-corrected chi connectivity index (χ0v) is 12.9. The summed E-state index contributed by atoms with van der Waals surface area (Å²) in [5.74, 6) is 1.20. The minimum atomic E-state index is -0.505. The molecule has 1 N–H and O–H groups in total. The van der Waals surface area contributed by atoms with Crippen LogP contribution in [-0.2, 0) is 10.5 Å². The summed E-state index contributed by atoms with van der Waals surface area (Å²) < 4.78 is 0. The monoisotopic (exact) mass is 288 g/mol. The molecule has 0 unspecified atom stereocenters. The number of carbonyl (C=O) groups is 1. The molecule has 0 aromatic carbocycles. The number of thiazole rings is 1. The van der Waals surface area contributed by atoms with Gasteiger partial charge in [0, 0.05) is 18.2 Å². The lowest BCUT2D eigenvalue weighted by atomic mass is 10.1. The van der Waals surface area contributed by atoms with Gasteiger partial charge in [0.25, 0.3) is 0 Å². The summed E-state index contributed by atoms with van der Waals surface area (Å²) >= 11 is 3.18. The van der Waals surface area contributed by atoms with Crippen molar-refractivity contribution in [2.24, 2.45) is 0 Å². The predicted molar refractivity (Wildman–Crippen MR) is 76.9 cm³/mol. The van der Waals surface area contributed by atoms with Crippen LogP contribution < -0.4 is 0 Å². The summed E-state index contributed by atoms with van der Waals surface area (Å²) in [4.78, 5) is 17.9. The Hall–Kier alpha value is -0.590. The average molecular weight is 288 g/mol. The number of amides is 1. The summed E-state index contributed by atoms with van der Waals surface area (Å²) in [6.45, 7) is 5.63. The molecule has 0 atom stereocenters. The van der Waals surface area contributed by atoms with Gasteiger partial charge in [0.1, 0.15) is 0 Å². The van der Waals surface area contributed by atoms with Crippen molar-refractivity contribution in [3.8, 4) is 0 Å². The van der Waals surface area contributed by atoms with E-state index < -0.39 is 5.54 Å². The van der Waals surface area contributed by atoms with E-state index in [2.05, 4.69) is 4.98 Å². The number of hydrogen-bond acceptors (Lipinski definition) is 5. The molecule has 18 heavy (non-hydrogen) atoms. The Kier molecular flexibility index (Phi) is 5.62. The Labute approximate surface area is 116 Å². The number of thioether (sulfide) groups is 1. The van der Waals surface area contributed by atoms with E-state index in [1.54, 1.807) is 35.0 Å². The fourth-order valence-corrected chi connectivity index (χ4v) is 2.80. The summed E-state index contributed by atoms with van der Waals surface area (Å²) in [6, 6.07) is 0. The van der Waals surface area contributed by atoms with Crippen LogP contribution in [0.5, 0.6) is 0 Å². The van der Waals surface area contributed by atoms with Gasteiger partial charge in [-0.25, -0.2) is 4.98 Å². The molecule has 0 bridgehead atoms. The summed E-state index contributed by atoms with van der Waals surface area (Å²) in [7, 11) is 1.73. The minimum Gasteiger partial charge on any atom is -0.394 e. The SMILES string of the molecule is Cc1nc(CSCC(=O)N(C)C(C)(C)CO)cs1. The van der Waals surface area contributed by atoms with E-state index in [1.165, 1.54) is 0 Å². The maximum absolute atomic E-state index is 11.9. The van der Waals surface area contributed by atoms with E-state index in [1.807, 2.05) is 26.2 Å². The Morgan fingerprint density at radius 1 is 1.61 bits per heavy atom. The van der Waals surface area contributed by atoms with Gasteiger partial charge >= 0.3 is 0 Å². The molecule has 1 rings (SSSR count). The lowest BCUT2D eigenvalue weighted by Crippen LogP contribution is -2.48. The van der Waals surface area contributed by atoms with Crippen LogP contribution in [0.3, 0.4) is 0 Å². The minimum absolute atomic E-state index is 0.0333. The van der Waals surface area contributed by atoms with Gasteiger partial charge in [0.2, 0.25) is 5.91 Å². The van der Waals surface area contributed by atoms with Crippen LogP contribution >= 0.6 is 23.1 Å². The van der Waals surface area contributed by atoms with Crippen molar-refractivity contribution in [3.05, 3.63) is 16.1 Å². The number of aryl methyl sites for hydroxylation is 1. The zero-order chi connectivity index (χ0) is 13.8. The molecule has 6 heteroatoms. The number of carbonyl (C=O) groups excluding carboxylic acids is 1. The normalized spacial score (nSPS) is 11.6. The third-order valence-corrected chi connectivity index (χ3v) is 4.58. The highest BCUT2D eigenvalue weighted by Crippen LogP contribution is 2.17. The van der Waals surface area contributed by atoms with Crippen LogP contribution in [0.1, 0.15) is 24.5 Å². The smallest absolute Gasteiger partial charge is 0.232 e. The van der Waals surface area contributed by atoms with Crippen molar-refractivity contribution < 1.29 is 9.90 Å². The second-order valence-corrected chi connectivity index (χ2v) is 6.82. The van der Waals surface area contributed by atoms with Crippen molar-refractivity contribution in [1.29, 1.82) is 0 Å². The highest BCUT2D eigenvalue weighted by molar-refractivity contribution is 7.99. The zero-order valence-electron chi connectivity index (χ0n) is 11.3. The lowest BCUT2D eigenvalue weighted by Gasteiger charge is -2.33. The van der Waals surface area contributed by atoms with Crippen LogP contribution in [0.25, 0.3) is 0 Å². The van der Waals surface area contributed by atoms with Crippen LogP contribution in [0, 0.1) is 6.92 Å². The number of hydrogen-bond donors (Lipinski definition) is 1. The van der Waals surface area contributed by atoms with Crippen molar-refractivity contribution in [1.82, 2.24) is 9.88 Å². The van der Waals surface area contributed by atoms with Crippen LogP contribution in [0.4, 0.5) is 0 Å². The molecule has 4 nitrogen and oxygen atoms in total. The molecule has 102 valence electrons. The first-order valence-electron chi connectivity index (χ1n) is 5.73. The number of aliphatic hydroxyl groups excluding tert-OH is 1. The van der Waals surface area contributed by atoms with Gasteiger partial charge in [-0.3, -0.25) is 4.79 Å². The molecule has 1 amide bonds. The average Bonchev–Trinajstić information content (AvgIpc) is 2.74. The highest BCUT2D eigenvalue weighted by Gasteiger charge is 2.26. The summed E-state index contributed by atoms with van der Waals surface area (Å²) in [5, 5.41) is 12.3. The Morgan fingerprint density at radius 2 is 2.28 bits per heavy atom. The Morgan fingerprint density at radius 3 is 2.78 bits per heavy atom. The molecule has 1 heterocycles. The molecule has 0 aliphatic heterocycles. The fourth-order valence-electron chi connectivity index (χ4n) is 1.26. The van der Waals surface area contributed by atoms with Crippen LogP contribution in [0.2, 0.25) is 0 Å². The molecule has 0 fully saturated rings. The maximum atomic E-state index is 11.9. The molecular formula is C12H20N2O2S2. The van der Waals surface area contributed by atoms with E-state index in [9.17, 15) is 9.90 Å². The molecule has 0 aliphatic carbocycles. The van der Waals surface area contributed by atoms with E-state index in [0.29, 0.717) is 5.75 Å². The predicted octanol–water partition coefficient (Wildman–Crippen LogP) is 1.91. The third kappa shape index (κ3) is 4.26. The molecule has 1 aromatic rings. The number of rotatable bonds is 6. The van der Waals surface area contributed by atoms with Gasteiger partial charge in [-0.1, -0.05) is 0 Å². The Bertz CT molecular complexity index is 405.